The minimum Gasteiger partial charge on any atom is -0.393 e. The van der Waals surface area contributed by atoms with Crippen molar-refractivity contribution in [3.8, 4) is 0 Å². The maximum Gasteiger partial charge on any atom is 0.211 e. The molecule has 5 aliphatic carbocycles. The van der Waals surface area contributed by atoms with Gasteiger partial charge < -0.3 is 14.9 Å². The van der Waals surface area contributed by atoms with E-state index in [2.05, 4.69) is 20.8 Å². The monoisotopic (exact) mass is 537 g/mol. The lowest BCUT2D eigenvalue weighted by Gasteiger charge is -2.59. The highest BCUT2D eigenvalue weighted by atomic mass is 32.2. The van der Waals surface area contributed by atoms with Crippen molar-refractivity contribution in [2.75, 3.05) is 19.3 Å². The summed E-state index contributed by atoms with van der Waals surface area (Å²) in [6, 6.07) is 0. The lowest BCUT2D eigenvalue weighted by atomic mass is 9.46. The number of rotatable bonds is 5. The van der Waals surface area contributed by atoms with Gasteiger partial charge in [-0.3, -0.25) is 0 Å². The van der Waals surface area contributed by atoms with E-state index in [1.165, 1.54) is 49.1 Å². The zero-order valence-electron chi connectivity index (χ0n) is 24.0. The largest absolute Gasteiger partial charge is 0.393 e. The molecular formula is C30H51NO5S. The van der Waals surface area contributed by atoms with E-state index in [1.54, 1.807) is 13.8 Å². The predicted octanol–water partition coefficient (Wildman–Crippen LogP) is 4.59. The van der Waals surface area contributed by atoms with Gasteiger partial charge in [-0.2, -0.15) is 4.31 Å². The summed E-state index contributed by atoms with van der Waals surface area (Å²) in [6.07, 6.45) is 13.2. The molecule has 1 aliphatic heterocycles. The molecule has 7 heteroatoms. The summed E-state index contributed by atoms with van der Waals surface area (Å²) in [7, 11) is -3.42. The third kappa shape index (κ3) is 3.87. The van der Waals surface area contributed by atoms with Crippen LogP contribution in [0.15, 0.2) is 0 Å². The molecule has 6 aliphatic rings. The molecule has 0 radical (unpaired) electrons. The van der Waals surface area contributed by atoms with Gasteiger partial charge in [-0.05, 0) is 123 Å². The van der Waals surface area contributed by atoms with Crippen LogP contribution in [-0.2, 0) is 14.8 Å². The lowest BCUT2D eigenvalue weighted by Crippen LogP contribution is -2.54. The Labute approximate surface area is 225 Å². The van der Waals surface area contributed by atoms with Gasteiger partial charge in [-0.15, -0.1) is 0 Å². The summed E-state index contributed by atoms with van der Waals surface area (Å²) in [5.74, 6) is 2.71. The van der Waals surface area contributed by atoms with E-state index in [9.17, 15) is 18.6 Å². The Bertz CT molecular complexity index is 1040. The number of aliphatic hydroxyl groups is 2. The van der Waals surface area contributed by atoms with Crippen molar-refractivity contribution in [2.24, 2.45) is 45.3 Å². The Hall–Kier alpha value is -0.210. The molecule has 2 spiro atoms. The molecule has 6 fully saturated rings. The zero-order valence-corrected chi connectivity index (χ0v) is 24.8. The first-order valence-electron chi connectivity index (χ1n) is 15.0. The summed E-state index contributed by atoms with van der Waals surface area (Å²) in [5.41, 5.74) is 0.235. The van der Waals surface area contributed by atoms with Crippen LogP contribution in [0, 0.1) is 45.3 Å². The van der Waals surface area contributed by atoms with Crippen molar-refractivity contribution >= 4 is 10.0 Å². The summed E-state index contributed by atoms with van der Waals surface area (Å²) >= 11 is 0. The standard InChI is InChI=1S/C30H51NO5S/c1-26(2,33)18-31(37(6,34)35)16-19-7-8-21-23(36-19)15-22-20-9-10-24-27(3,4)25(32)11-12-30(24)17-29(20,30)14-13-28(21,22)5/h19-25,32-33H,7-18H2,1-6H3/t19?,20?,21?,22?,23?,24?,25-,28?,29?,30?/m0/s1. The van der Waals surface area contributed by atoms with Gasteiger partial charge in [0.05, 0.1) is 30.2 Å². The van der Waals surface area contributed by atoms with Crippen LogP contribution in [0.1, 0.15) is 98.8 Å². The van der Waals surface area contributed by atoms with E-state index in [0.29, 0.717) is 40.5 Å². The molecule has 5 saturated carbocycles. The molecule has 0 bridgehead atoms. The average Bonchev–Trinajstić information content (AvgIpc) is 3.35. The van der Waals surface area contributed by atoms with Crippen molar-refractivity contribution in [1.82, 2.24) is 4.31 Å². The van der Waals surface area contributed by atoms with E-state index in [-0.39, 0.29) is 30.3 Å². The van der Waals surface area contributed by atoms with Crippen LogP contribution in [0.5, 0.6) is 0 Å². The Kier molecular flexibility index (Phi) is 5.96. The van der Waals surface area contributed by atoms with E-state index < -0.39 is 15.6 Å². The highest BCUT2D eigenvalue weighted by Crippen LogP contribution is 2.87. The minimum absolute atomic E-state index is 0.0299. The number of aliphatic hydroxyl groups excluding tert-OH is 1. The molecule has 9 unspecified atom stereocenters. The van der Waals surface area contributed by atoms with Crippen LogP contribution in [0.3, 0.4) is 0 Å². The topological polar surface area (TPSA) is 87.1 Å². The predicted molar refractivity (Wildman–Crippen MR) is 144 cm³/mol. The van der Waals surface area contributed by atoms with Crippen LogP contribution in [0.25, 0.3) is 0 Å². The molecule has 0 amide bonds. The fourth-order valence-electron chi connectivity index (χ4n) is 11.4. The van der Waals surface area contributed by atoms with E-state index in [4.69, 9.17) is 4.74 Å². The van der Waals surface area contributed by atoms with Crippen LogP contribution in [-0.4, -0.2) is 66.2 Å². The summed E-state index contributed by atoms with van der Waals surface area (Å²) in [5, 5.41) is 21.2. The van der Waals surface area contributed by atoms with Crippen molar-refractivity contribution in [3.63, 3.8) is 0 Å². The normalized spacial score (nSPS) is 50.5. The molecule has 6 nitrogen and oxygen atoms in total. The first-order chi connectivity index (χ1) is 17.0. The second kappa shape index (κ2) is 8.18. The third-order valence-electron chi connectivity index (χ3n) is 13.1. The van der Waals surface area contributed by atoms with Crippen molar-refractivity contribution in [2.45, 2.75) is 123 Å². The number of ether oxygens (including phenoxy) is 1. The molecular weight excluding hydrogens is 486 g/mol. The van der Waals surface area contributed by atoms with Crippen molar-refractivity contribution in [3.05, 3.63) is 0 Å². The zero-order chi connectivity index (χ0) is 26.8. The quantitative estimate of drug-likeness (QED) is 0.536. The number of sulfonamides is 1. The molecule has 1 heterocycles. The smallest absolute Gasteiger partial charge is 0.211 e. The maximum absolute atomic E-state index is 12.5. The Morgan fingerprint density at radius 2 is 1.65 bits per heavy atom. The first kappa shape index (κ1) is 27.0. The third-order valence-corrected chi connectivity index (χ3v) is 14.3. The van der Waals surface area contributed by atoms with Gasteiger partial charge in [0.25, 0.3) is 0 Å². The van der Waals surface area contributed by atoms with Crippen LogP contribution < -0.4 is 0 Å². The fraction of sp³-hybridized carbons (Fsp3) is 1.00. The van der Waals surface area contributed by atoms with Crippen LogP contribution in [0.4, 0.5) is 0 Å². The van der Waals surface area contributed by atoms with Crippen molar-refractivity contribution < 1.29 is 23.4 Å². The summed E-state index contributed by atoms with van der Waals surface area (Å²) in [4.78, 5) is 0. The molecule has 212 valence electrons. The Balaban J connectivity index is 1.20. The second-order valence-electron chi connectivity index (χ2n) is 15.8. The SMILES string of the molecule is CC(C)(O)CN(CC1CCC2C(CC3C4CCC5C(C)(C)[C@@H](O)CCC56CC46CCC23C)O1)S(C)(=O)=O. The number of fused-ring (bicyclic) bond motifs is 4. The highest BCUT2D eigenvalue weighted by molar-refractivity contribution is 7.88. The molecule has 0 aromatic rings. The molecule has 10 atom stereocenters. The van der Waals surface area contributed by atoms with Gasteiger partial charge in [0, 0.05) is 13.1 Å². The minimum atomic E-state index is -3.42. The molecule has 6 rings (SSSR count). The van der Waals surface area contributed by atoms with E-state index >= 15 is 0 Å². The van der Waals surface area contributed by atoms with Crippen LogP contribution >= 0.6 is 0 Å². The van der Waals surface area contributed by atoms with Gasteiger partial charge >= 0.3 is 0 Å². The molecule has 37 heavy (non-hydrogen) atoms. The summed E-state index contributed by atoms with van der Waals surface area (Å²) in [6.45, 7) is 11.0. The van der Waals surface area contributed by atoms with E-state index in [1.807, 2.05) is 0 Å². The van der Waals surface area contributed by atoms with Gasteiger partial charge in [-0.25, -0.2) is 8.42 Å². The van der Waals surface area contributed by atoms with Crippen molar-refractivity contribution in [1.29, 1.82) is 0 Å². The van der Waals surface area contributed by atoms with Crippen LogP contribution in [0.2, 0.25) is 0 Å². The average molecular weight is 538 g/mol. The molecule has 2 N–H and O–H groups in total. The van der Waals surface area contributed by atoms with Gasteiger partial charge in [0.1, 0.15) is 0 Å². The maximum atomic E-state index is 12.5. The fourth-order valence-corrected chi connectivity index (χ4v) is 12.4. The highest BCUT2D eigenvalue weighted by Gasteiger charge is 2.80. The van der Waals surface area contributed by atoms with Gasteiger partial charge in [-0.1, -0.05) is 20.8 Å². The first-order valence-corrected chi connectivity index (χ1v) is 16.9. The second-order valence-corrected chi connectivity index (χ2v) is 17.8. The molecule has 1 saturated heterocycles. The summed E-state index contributed by atoms with van der Waals surface area (Å²) < 4.78 is 33.2. The number of hydrogen-bond acceptors (Lipinski definition) is 5. The van der Waals surface area contributed by atoms with Gasteiger partial charge in [0.15, 0.2) is 0 Å². The Morgan fingerprint density at radius 3 is 2.32 bits per heavy atom. The Morgan fingerprint density at radius 1 is 0.946 bits per heavy atom. The number of nitrogens with zero attached hydrogens (tertiary/aromatic N) is 1. The molecule has 0 aromatic carbocycles. The van der Waals surface area contributed by atoms with Gasteiger partial charge in [0.2, 0.25) is 10.0 Å². The molecule has 0 aromatic heterocycles. The van der Waals surface area contributed by atoms with E-state index in [0.717, 1.165) is 31.6 Å². The number of hydrogen-bond donors (Lipinski definition) is 2. The lowest BCUT2D eigenvalue weighted by molar-refractivity contribution is -0.135.